The monoisotopic (exact) mass is 112 g/mol. The van der Waals surface area contributed by atoms with Crippen LogP contribution in [0.4, 0.5) is 0 Å². The summed E-state index contributed by atoms with van der Waals surface area (Å²) in [6, 6.07) is 0. The summed E-state index contributed by atoms with van der Waals surface area (Å²) in [5.41, 5.74) is 0. The van der Waals surface area contributed by atoms with Gasteiger partial charge in [0.25, 0.3) is 0 Å². The fourth-order valence-electron chi connectivity index (χ4n) is 0. The van der Waals surface area contributed by atoms with Crippen LogP contribution in [-0.2, 0) is 4.65 Å². The molecule has 0 aromatic heterocycles. The van der Waals surface area contributed by atoms with Crippen LogP contribution < -0.4 is 0 Å². The summed E-state index contributed by atoms with van der Waals surface area (Å²) in [6.45, 7) is 16.0. The van der Waals surface area contributed by atoms with E-state index in [-0.39, 0.29) is 0 Å². The molecule has 0 aliphatic carbocycles. The van der Waals surface area contributed by atoms with Crippen LogP contribution in [0, 0.1) is 6.65 Å². The second-order valence-corrected chi connectivity index (χ2v) is 0.697. The Kier molecular flexibility index (Phi) is 223. The molecule has 1 heteroatoms. The quantitative estimate of drug-likeness (QED) is 0.282. The van der Waals surface area contributed by atoms with Crippen LogP contribution in [0.1, 0.15) is 13.3 Å². The third kappa shape index (κ3) is 1920. The summed E-state index contributed by atoms with van der Waals surface area (Å²) >= 11 is 0. The number of hydrogen-bond donors (Lipinski definition) is 0. The first-order chi connectivity index (χ1) is 3.91. The van der Waals surface area contributed by atoms with Crippen LogP contribution in [0.2, 0.25) is 0 Å². The molecule has 0 aromatic rings. The molecule has 0 atom stereocenters. The molecule has 1 nitrogen and oxygen atoms in total. The van der Waals surface area contributed by atoms with Crippen LogP contribution in [0.25, 0.3) is 0 Å². The Labute approximate surface area is 51.4 Å². The van der Waals surface area contributed by atoms with Gasteiger partial charge in [0.2, 0.25) is 0 Å². The van der Waals surface area contributed by atoms with E-state index in [4.69, 9.17) is 4.65 Å². The van der Waals surface area contributed by atoms with Gasteiger partial charge in [-0.25, -0.2) is 0 Å². The zero-order valence-corrected chi connectivity index (χ0v) is 5.31. The average molecular weight is 112 g/mol. The number of hydrogen-bond acceptors (Lipinski definition) is 0. The van der Waals surface area contributed by atoms with Crippen LogP contribution in [-0.4, -0.2) is 0 Å². The van der Waals surface area contributed by atoms with Crippen molar-refractivity contribution in [3.05, 3.63) is 32.5 Å². The molecule has 0 aliphatic rings. The van der Waals surface area contributed by atoms with Crippen LogP contribution >= 0.6 is 0 Å². The second kappa shape index (κ2) is 114. The predicted molar refractivity (Wildman–Crippen MR) is 35.7 cm³/mol. The van der Waals surface area contributed by atoms with E-state index in [0.29, 0.717) is 0 Å². The van der Waals surface area contributed by atoms with Crippen molar-refractivity contribution in [2.45, 2.75) is 13.3 Å². The van der Waals surface area contributed by atoms with E-state index in [0.717, 1.165) is 6.42 Å². The fraction of sp³-hybridized carbons (Fsp3) is 0.286. The van der Waals surface area contributed by atoms with Crippen molar-refractivity contribution in [1.29, 1.82) is 0 Å². The van der Waals surface area contributed by atoms with Gasteiger partial charge in [0.1, 0.15) is 0 Å². The Morgan fingerprint density at radius 2 is 1.62 bits per heavy atom. The van der Waals surface area contributed by atoms with E-state index >= 15 is 0 Å². The van der Waals surface area contributed by atoms with Gasteiger partial charge >= 0.3 is 11.3 Å². The first kappa shape index (κ1) is 15.7. The molecular formula is C7H12O. The van der Waals surface area contributed by atoms with Crippen LogP contribution in [0.3, 0.4) is 0 Å². The van der Waals surface area contributed by atoms with Crippen molar-refractivity contribution >= 4 is 0 Å². The van der Waals surface area contributed by atoms with Crippen molar-refractivity contribution in [2.75, 3.05) is 0 Å². The fourth-order valence-corrected chi connectivity index (χ4v) is 0. The molecule has 8 heavy (non-hydrogen) atoms. The Bertz CT molecular complexity index is 45.6. The molecule has 0 spiro atoms. The summed E-state index contributed by atoms with van der Waals surface area (Å²) in [4.78, 5) is 0. The zero-order valence-electron chi connectivity index (χ0n) is 5.31. The van der Waals surface area contributed by atoms with Gasteiger partial charge in [0.05, 0.1) is 0 Å². The topological polar surface area (TPSA) is 19.9 Å². The van der Waals surface area contributed by atoms with E-state index in [1.807, 2.05) is 6.08 Å². The SMILES string of the molecule is C=C.C=CCC.[C-]#[O+]. The van der Waals surface area contributed by atoms with Gasteiger partial charge in [0, 0.05) is 0 Å². The molecule has 0 rings (SSSR count). The molecule has 0 amide bonds. The van der Waals surface area contributed by atoms with E-state index in [1.54, 1.807) is 0 Å². The van der Waals surface area contributed by atoms with Crippen molar-refractivity contribution < 1.29 is 4.65 Å². The predicted octanol–water partition coefficient (Wildman–Crippen LogP) is 2.35. The Hall–Kier alpha value is -0.780. The second-order valence-electron chi connectivity index (χ2n) is 0.697. The maximum absolute atomic E-state index is 7.50. The summed E-state index contributed by atoms with van der Waals surface area (Å²) in [5.74, 6) is 0. The van der Waals surface area contributed by atoms with Gasteiger partial charge in [0.15, 0.2) is 0 Å². The van der Waals surface area contributed by atoms with Crippen molar-refractivity contribution in [3.8, 4) is 0 Å². The molecule has 0 radical (unpaired) electrons. The van der Waals surface area contributed by atoms with Crippen molar-refractivity contribution in [3.63, 3.8) is 0 Å². The molecule has 0 aliphatic heterocycles. The van der Waals surface area contributed by atoms with E-state index < -0.39 is 0 Å². The average Bonchev–Trinajstić information content (AvgIpc) is 1.96. The molecule has 0 saturated heterocycles. The molecule has 0 fully saturated rings. The van der Waals surface area contributed by atoms with Gasteiger partial charge in [-0.05, 0) is 6.42 Å². The Morgan fingerprint density at radius 1 is 1.50 bits per heavy atom. The van der Waals surface area contributed by atoms with Crippen molar-refractivity contribution in [1.82, 2.24) is 0 Å². The first-order valence-corrected chi connectivity index (χ1v) is 2.23. The van der Waals surface area contributed by atoms with Gasteiger partial charge in [-0.2, -0.15) is 0 Å². The maximum atomic E-state index is 7.50. The van der Waals surface area contributed by atoms with Gasteiger partial charge < -0.3 is 0 Å². The Balaban J connectivity index is -0.0000000542. The molecule has 0 N–H and O–H groups in total. The van der Waals surface area contributed by atoms with Gasteiger partial charge in [-0.1, -0.05) is 13.0 Å². The van der Waals surface area contributed by atoms with E-state index in [1.165, 1.54) is 0 Å². The standard InChI is InChI=1S/C4H8.C2H4.CO/c1-3-4-2;2*1-2/h3H,1,4H2,2H3;1-2H2;. The van der Waals surface area contributed by atoms with Crippen LogP contribution in [0.5, 0.6) is 0 Å². The van der Waals surface area contributed by atoms with E-state index in [9.17, 15) is 0 Å². The Morgan fingerprint density at radius 3 is 1.62 bits per heavy atom. The summed E-state index contributed by atoms with van der Waals surface area (Å²) in [6.07, 6.45) is 2.96. The van der Waals surface area contributed by atoms with Crippen LogP contribution in [0.15, 0.2) is 25.8 Å². The molecule has 0 saturated carbocycles. The molecule has 46 valence electrons. The summed E-state index contributed by atoms with van der Waals surface area (Å²) in [5, 5.41) is 0. The van der Waals surface area contributed by atoms with Crippen molar-refractivity contribution in [2.24, 2.45) is 0 Å². The van der Waals surface area contributed by atoms with Gasteiger partial charge in [-0.3, -0.25) is 0 Å². The molecule has 0 heterocycles. The normalized spacial score (nSPS) is 3.88. The third-order valence-corrected chi connectivity index (χ3v) is 0.289. The summed E-state index contributed by atoms with van der Waals surface area (Å²) < 4.78 is 7.50. The molecule has 0 unspecified atom stereocenters. The number of allylic oxidation sites excluding steroid dienone is 1. The molecular weight excluding hydrogens is 100 g/mol. The number of rotatable bonds is 1. The minimum absolute atomic E-state index is 1.08. The summed E-state index contributed by atoms with van der Waals surface area (Å²) in [7, 11) is 0. The molecule has 0 bridgehead atoms. The first-order valence-electron chi connectivity index (χ1n) is 2.23. The third-order valence-electron chi connectivity index (χ3n) is 0.289. The van der Waals surface area contributed by atoms with Gasteiger partial charge in [-0.15, -0.1) is 19.7 Å². The minimum atomic E-state index is 1.08. The zero-order chi connectivity index (χ0) is 7.41. The molecule has 0 aromatic carbocycles. The van der Waals surface area contributed by atoms with E-state index in [2.05, 4.69) is 33.3 Å².